The molecule has 1 aromatic heterocycles. The Balaban J connectivity index is 1.56. The zero-order chi connectivity index (χ0) is 16.8. The fourth-order valence-electron chi connectivity index (χ4n) is 1.99. The molecule has 7 heteroatoms. The third kappa shape index (κ3) is 4.39. The second-order valence-corrected chi connectivity index (χ2v) is 6.61. The quantitative estimate of drug-likeness (QED) is 0.667. The van der Waals surface area contributed by atoms with E-state index in [0.717, 1.165) is 16.1 Å². The van der Waals surface area contributed by atoms with Crippen molar-refractivity contribution in [3.63, 3.8) is 0 Å². The molecule has 122 valence electrons. The average molecular weight is 357 g/mol. The standard InChI is InChI=1S/C17H15N3O2S2/c1-23-14-9-5-8-13(10-14)18-15(21)11-24-17-20-19-16(22-17)12-6-3-2-4-7-12/h2-10H,11H2,1H3,(H,18,21). The molecule has 0 radical (unpaired) electrons. The van der Waals surface area contributed by atoms with Crippen molar-refractivity contribution in [3.8, 4) is 11.5 Å². The van der Waals surface area contributed by atoms with Gasteiger partial charge < -0.3 is 9.73 Å². The summed E-state index contributed by atoms with van der Waals surface area (Å²) in [5, 5.41) is 11.2. The van der Waals surface area contributed by atoms with E-state index in [-0.39, 0.29) is 11.7 Å². The summed E-state index contributed by atoms with van der Waals surface area (Å²) in [6, 6.07) is 17.2. The number of nitrogens with one attached hydrogen (secondary N) is 1. The smallest absolute Gasteiger partial charge is 0.277 e. The maximum absolute atomic E-state index is 12.0. The fourth-order valence-corrected chi connectivity index (χ4v) is 3.01. The lowest BCUT2D eigenvalue weighted by molar-refractivity contribution is -0.113. The predicted octanol–water partition coefficient (Wildman–Crippen LogP) is 4.19. The van der Waals surface area contributed by atoms with Crippen LogP contribution in [0.2, 0.25) is 0 Å². The molecular formula is C17H15N3O2S2. The van der Waals surface area contributed by atoms with Gasteiger partial charge in [-0.2, -0.15) is 0 Å². The van der Waals surface area contributed by atoms with Crippen LogP contribution in [0.25, 0.3) is 11.5 Å². The topological polar surface area (TPSA) is 68.0 Å². The number of rotatable bonds is 6. The Hall–Kier alpha value is -2.25. The van der Waals surface area contributed by atoms with E-state index in [0.29, 0.717) is 11.1 Å². The van der Waals surface area contributed by atoms with Gasteiger partial charge in [-0.05, 0) is 36.6 Å². The number of carbonyl (C=O) groups excluding carboxylic acids is 1. The number of nitrogens with zero attached hydrogens (tertiary/aromatic N) is 2. The molecule has 0 spiro atoms. The molecule has 2 aromatic carbocycles. The van der Waals surface area contributed by atoms with E-state index in [1.54, 1.807) is 11.8 Å². The molecule has 0 atom stereocenters. The van der Waals surface area contributed by atoms with Crippen molar-refractivity contribution in [2.45, 2.75) is 10.1 Å². The van der Waals surface area contributed by atoms with Crippen LogP contribution in [0.3, 0.4) is 0 Å². The monoisotopic (exact) mass is 357 g/mol. The Labute approximate surface area is 148 Å². The van der Waals surface area contributed by atoms with Gasteiger partial charge in [0.15, 0.2) is 0 Å². The van der Waals surface area contributed by atoms with Crippen LogP contribution in [-0.4, -0.2) is 28.1 Å². The maximum Gasteiger partial charge on any atom is 0.277 e. The minimum atomic E-state index is -0.113. The van der Waals surface area contributed by atoms with E-state index < -0.39 is 0 Å². The van der Waals surface area contributed by atoms with Gasteiger partial charge in [-0.15, -0.1) is 22.0 Å². The molecule has 1 N–H and O–H groups in total. The lowest BCUT2D eigenvalue weighted by Crippen LogP contribution is -2.13. The Morgan fingerprint density at radius 2 is 1.96 bits per heavy atom. The van der Waals surface area contributed by atoms with Crippen LogP contribution in [0.1, 0.15) is 0 Å². The van der Waals surface area contributed by atoms with Crippen molar-refractivity contribution in [3.05, 3.63) is 54.6 Å². The first kappa shape index (κ1) is 16.6. The highest BCUT2D eigenvalue weighted by Gasteiger charge is 2.11. The molecule has 3 aromatic rings. The number of benzene rings is 2. The highest BCUT2D eigenvalue weighted by Crippen LogP contribution is 2.23. The van der Waals surface area contributed by atoms with E-state index in [1.165, 1.54) is 11.8 Å². The van der Waals surface area contributed by atoms with E-state index in [2.05, 4.69) is 15.5 Å². The van der Waals surface area contributed by atoms with Crippen LogP contribution in [0.5, 0.6) is 0 Å². The fraction of sp³-hybridized carbons (Fsp3) is 0.118. The van der Waals surface area contributed by atoms with Crippen molar-refractivity contribution >= 4 is 35.1 Å². The molecule has 0 fully saturated rings. The molecule has 0 aliphatic heterocycles. The third-order valence-corrected chi connectivity index (χ3v) is 4.65. The summed E-state index contributed by atoms with van der Waals surface area (Å²) >= 11 is 2.85. The number of anilines is 1. The third-order valence-electron chi connectivity index (χ3n) is 3.11. The molecule has 1 amide bonds. The van der Waals surface area contributed by atoms with Crippen molar-refractivity contribution in [1.29, 1.82) is 0 Å². The molecule has 0 saturated heterocycles. The zero-order valence-corrected chi connectivity index (χ0v) is 14.6. The van der Waals surface area contributed by atoms with Gasteiger partial charge in [0.1, 0.15) is 0 Å². The highest BCUT2D eigenvalue weighted by molar-refractivity contribution is 7.99. The number of thioether (sulfide) groups is 2. The van der Waals surface area contributed by atoms with Crippen molar-refractivity contribution in [2.75, 3.05) is 17.3 Å². The van der Waals surface area contributed by atoms with Gasteiger partial charge >= 0.3 is 0 Å². The Morgan fingerprint density at radius 1 is 1.12 bits per heavy atom. The molecular weight excluding hydrogens is 342 g/mol. The van der Waals surface area contributed by atoms with Crippen LogP contribution in [0, 0.1) is 0 Å². The highest BCUT2D eigenvalue weighted by atomic mass is 32.2. The largest absolute Gasteiger partial charge is 0.411 e. The Bertz CT molecular complexity index is 821. The van der Waals surface area contributed by atoms with E-state index in [9.17, 15) is 4.79 Å². The van der Waals surface area contributed by atoms with Crippen molar-refractivity contribution < 1.29 is 9.21 Å². The minimum Gasteiger partial charge on any atom is -0.411 e. The molecule has 0 aliphatic rings. The SMILES string of the molecule is CSc1cccc(NC(=O)CSc2nnc(-c3ccccc3)o2)c1. The zero-order valence-electron chi connectivity index (χ0n) is 12.9. The first-order chi connectivity index (χ1) is 11.7. The van der Waals surface area contributed by atoms with Gasteiger partial charge in [-0.1, -0.05) is 36.0 Å². The molecule has 0 aliphatic carbocycles. The molecule has 0 saturated carbocycles. The van der Waals surface area contributed by atoms with E-state index in [4.69, 9.17) is 4.42 Å². The Kier molecular flexibility index (Phi) is 5.55. The van der Waals surface area contributed by atoms with Crippen LogP contribution >= 0.6 is 23.5 Å². The first-order valence-corrected chi connectivity index (χ1v) is 9.41. The van der Waals surface area contributed by atoms with Gasteiger partial charge in [0, 0.05) is 16.1 Å². The van der Waals surface area contributed by atoms with Gasteiger partial charge in [-0.25, -0.2) is 0 Å². The molecule has 0 unspecified atom stereocenters. The summed E-state index contributed by atoms with van der Waals surface area (Å²) in [5.74, 6) is 0.545. The number of carbonyl (C=O) groups is 1. The normalized spacial score (nSPS) is 10.5. The van der Waals surface area contributed by atoms with Crippen LogP contribution in [0.4, 0.5) is 5.69 Å². The Morgan fingerprint density at radius 3 is 2.75 bits per heavy atom. The maximum atomic E-state index is 12.0. The number of aromatic nitrogens is 2. The molecule has 0 bridgehead atoms. The lowest BCUT2D eigenvalue weighted by atomic mass is 10.2. The molecule has 3 rings (SSSR count). The summed E-state index contributed by atoms with van der Waals surface area (Å²) in [5.41, 5.74) is 1.64. The van der Waals surface area contributed by atoms with Crippen LogP contribution in [-0.2, 0) is 4.79 Å². The second kappa shape index (κ2) is 8.03. The number of hydrogen-bond donors (Lipinski definition) is 1. The van der Waals surface area contributed by atoms with Crippen LogP contribution in [0.15, 0.2) is 69.1 Å². The predicted molar refractivity (Wildman–Crippen MR) is 97.3 cm³/mol. The first-order valence-electron chi connectivity index (χ1n) is 7.20. The summed E-state index contributed by atoms with van der Waals surface area (Å²) < 4.78 is 5.56. The molecule has 5 nitrogen and oxygen atoms in total. The van der Waals surface area contributed by atoms with Crippen LogP contribution < -0.4 is 5.32 Å². The van der Waals surface area contributed by atoms with E-state index >= 15 is 0 Å². The van der Waals surface area contributed by atoms with Gasteiger partial charge in [0.2, 0.25) is 11.8 Å². The van der Waals surface area contributed by atoms with Gasteiger partial charge in [0.05, 0.1) is 5.75 Å². The van der Waals surface area contributed by atoms with Gasteiger partial charge in [-0.3, -0.25) is 4.79 Å². The number of amides is 1. The molecule has 1 heterocycles. The van der Waals surface area contributed by atoms with Gasteiger partial charge in [0.25, 0.3) is 5.22 Å². The average Bonchev–Trinajstić information content (AvgIpc) is 3.10. The summed E-state index contributed by atoms with van der Waals surface area (Å²) in [7, 11) is 0. The van der Waals surface area contributed by atoms with Crippen molar-refractivity contribution in [2.24, 2.45) is 0 Å². The lowest BCUT2D eigenvalue weighted by Gasteiger charge is -2.05. The van der Waals surface area contributed by atoms with Crippen molar-refractivity contribution in [1.82, 2.24) is 10.2 Å². The second-order valence-electron chi connectivity index (χ2n) is 4.81. The summed E-state index contributed by atoms with van der Waals surface area (Å²) in [6.45, 7) is 0. The summed E-state index contributed by atoms with van der Waals surface area (Å²) in [6.07, 6.45) is 2.00. The number of hydrogen-bond acceptors (Lipinski definition) is 6. The summed E-state index contributed by atoms with van der Waals surface area (Å²) in [4.78, 5) is 13.1. The molecule has 24 heavy (non-hydrogen) atoms. The van der Waals surface area contributed by atoms with E-state index in [1.807, 2.05) is 60.9 Å². The minimum absolute atomic E-state index is 0.113.